The zero-order valence-electron chi connectivity index (χ0n) is 12.9. The molecule has 0 radical (unpaired) electrons. The van der Waals surface area contributed by atoms with Crippen LogP contribution in [0.1, 0.15) is 19.8 Å². The zero-order valence-corrected chi connectivity index (χ0v) is 13.7. The summed E-state index contributed by atoms with van der Waals surface area (Å²) in [5, 5.41) is 8.21. The van der Waals surface area contributed by atoms with E-state index in [1.807, 2.05) is 4.90 Å². The van der Waals surface area contributed by atoms with Gasteiger partial charge in [-0.2, -0.15) is 0 Å². The molecule has 1 aliphatic heterocycles. The highest BCUT2D eigenvalue weighted by atomic mass is 32.2. The Morgan fingerprint density at radius 3 is 2.91 bits per heavy atom. The van der Waals surface area contributed by atoms with Crippen LogP contribution in [0.2, 0.25) is 0 Å². The average molecular weight is 335 g/mol. The number of piperidine rings is 1. The predicted molar refractivity (Wildman–Crippen MR) is 85.4 cm³/mol. The first-order valence-corrected chi connectivity index (χ1v) is 8.60. The Balaban J connectivity index is 1.56. The molecule has 1 aromatic heterocycles. The number of thioether (sulfide) groups is 1. The lowest BCUT2D eigenvalue weighted by molar-refractivity contribution is -0.130. The van der Waals surface area contributed by atoms with Gasteiger partial charge < -0.3 is 9.32 Å². The highest BCUT2D eigenvalue weighted by Gasteiger charge is 2.21. The number of rotatable bonds is 4. The molecule has 0 saturated carbocycles. The minimum absolute atomic E-state index is 0.100. The van der Waals surface area contributed by atoms with Gasteiger partial charge in [0, 0.05) is 18.7 Å². The smallest absolute Gasteiger partial charge is 0.277 e. The van der Waals surface area contributed by atoms with Crippen LogP contribution in [0.5, 0.6) is 0 Å². The first kappa shape index (κ1) is 16.0. The zero-order chi connectivity index (χ0) is 16.2. The van der Waals surface area contributed by atoms with Gasteiger partial charge in [-0.05, 0) is 43.0 Å². The van der Waals surface area contributed by atoms with Crippen molar-refractivity contribution in [2.24, 2.45) is 5.92 Å². The van der Waals surface area contributed by atoms with Gasteiger partial charge in [0.05, 0.1) is 5.75 Å². The highest BCUT2D eigenvalue weighted by Crippen LogP contribution is 2.24. The summed E-state index contributed by atoms with van der Waals surface area (Å²) in [6, 6.07) is 5.84. The average Bonchev–Trinajstić information content (AvgIpc) is 3.02. The van der Waals surface area contributed by atoms with Gasteiger partial charge in [0.2, 0.25) is 11.8 Å². The number of amides is 1. The van der Waals surface area contributed by atoms with Crippen LogP contribution in [0, 0.1) is 11.7 Å². The van der Waals surface area contributed by atoms with Crippen LogP contribution in [-0.2, 0) is 4.79 Å². The number of carbonyl (C=O) groups is 1. The summed E-state index contributed by atoms with van der Waals surface area (Å²) in [6.07, 6.45) is 2.24. The number of hydrogen-bond donors (Lipinski definition) is 0. The van der Waals surface area contributed by atoms with E-state index in [9.17, 15) is 9.18 Å². The van der Waals surface area contributed by atoms with Gasteiger partial charge in [0.15, 0.2) is 0 Å². The Morgan fingerprint density at radius 1 is 1.39 bits per heavy atom. The van der Waals surface area contributed by atoms with Gasteiger partial charge in [-0.15, -0.1) is 10.2 Å². The van der Waals surface area contributed by atoms with Crippen LogP contribution in [0.15, 0.2) is 33.9 Å². The SMILES string of the molecule is CC1CCCN(C(=O)CSc2nnc(-c3ccc(F)cc3)o2)C1. The fourth-order valence-corrected chi connectivity index (χ4v) is 3.27. The van der Waals surface area contributed by atoms with Crippen LogP contribution in [0.25, 0.3) is 11.5 Å². The maximum Gasteiger partial charge on any atom is 0.277 e. The van der Waals surface area contributed by atoms with Gasteiger partial charge in [-0.1, -0.05) is 18.7 Å². The maximum absolute atomic E-state index is 12.9. The van der Waals surface area contributed by atoms with E-state index in [1.54, 1.807) is 12.1 Å². The van der Waals surface area contributed by atoms with E-state index >= 15 is 0 Å². The Labute approximate surface area is 138 Å². The second-order valence-electron chi connectivity index (χ2n) is 5.76. The van der Waals surface area contributed by atoms with E-state index in [0.29, 0.717) is 22.6 Å². The van der Waals surface area contributed by atoms with Crippen molar-refractivity contribution >= 4 is 17.7 Å². The van der Waals surface area contributed by atoms with E-state index in [1.165, 1.54) is 30.3 Å². The molecule has 1 aromatic carbocycles. The molecule has 0 N–H and O–H groups in total. The van der Waals surface area contributed by atoms with E-state index < -0.39 is 0 Å². The topological polar surface area (TPSA) is 59.2 Å². The van der Waals surface area contributed by atoms with Gasteiger partial charge in [0.25, 0.3) is 5.22 Å². The summed E-state index contributed by atoms with van der Waals surface area (Å²) >= 11 is 1.24. The summed E-state index contributed by atoms with van der Waals surface area (Å²) < 4.78 is 18.4. The van der Waals surface area contributed by atoms with Crippen LogP contribution in [0.3, 0.4) is 0 Å². The third-order valence-corrected chi connectivity index (χ3v) is 4.63. The first-order valence-electron chi connectivity index (χ1n) is 7.62. The number of likely N-dealkylation sites (tertiary alicyclic amines) is 1. The molecule has 1 unspecified atom stereocenters. The molecule has 3 rings (SSSR count). The fourth-order valence-electron chi connectivity index (χ4n) is 2.61. The monoisotopic (exact) mass is 335 g/mol. The first-order chi connectivity index (χ1) is 11.1. The van der Waals surface area contributed by atoms with Gasteiger partial charge >= 0.3 is 0 Å². The van der Waals surface area contributed by atoms with Crippen LogP contribution in [-0.4, -0.2) is 39.8 Å². The lowest BCUT2D eigenvalue weighted by Gasteiger charge is -2.30. The maximum atomic E-state index is 12.9. The van der Waals surface area contributed by atoms with Crippen molar-refractivity contribution in [1.82, 2.24) is 15.1 Å². The minimum atomic E-state index is -0.316. The molecule has 122 valence electrons. The number of nitrogens with zero attached hydrogens (tertiary/aromatic N) is 3. The molecule has 5 nitrogen and oxygen atoms in total. The molecule has 0 aliphatic carbocycles. The van der Waals surface area contributed by atoms with Crippen LogP contribution < -0.4 is 0 Å². The number of aromatic nitrogens is 2. The number of hydrogen-bond acceptors (Lipinski definition) is 5. The Bertz CT molecular complexity index is 674. The molecular formula is C16H18FN3O2S. The van der Waals surface area contributed by atoms with E-state index in [2.05, 4.69) is 17.1 Å². The third kappa shape index (κ3) is 4.10. The lowest BCUT2D eigenvalue weighted by Crippen LogP contribution is -2.40. The standard InChI is InChI=1S/C16H18FN3O2S/c1-11-3-2-8-20(9-11)14(21)10-23-16-19-18-15(22-16)12-4-6-13(17)7-5-12/h4-7,11H,2-3,8-10H2,1H3. The van der Waals surface area contributed by atoms with E-state index in [0.717, 1.165) is 19.5 Å². The number of benzene rings is 1. The van der Waals surface area contributed by atoms with Crippen molar-refractivity contribution in [1.29, 1.82) is 0 Å². The van der Waals surface area contributed by atoms with Crippen molar-refractivity contribution in [3.05, 3.63) is 30.1 Å². The third-order valence-electron chi connectivity index (χ3n) is 3.83. The molecule has 1 saturated heterocycles. The van der Waals surface area contributed by atoms with Crippen molar-refractivity contribution in [2.45, 2.75) is 25.0 Å². The van der Waals surface area contributed by atoms with Crippen molar-refractivity contribution in [3.8, 4) is 11.5 Å². The van der Waals surface area contributed by atoms with Crippen LogP contribution >= 0.6 is 11.8 Å². The fraction of sp³-hybridized carbons (Fsp3) is 0.438. The summed E-state index contributed by atoms with van der Waals surface area (Å²) in [5.41, 5.74) is 0.655. The molecule has 23 heavy (non-hydrogen) atoms. The summed E-state index contributed by atoms with van der Waals surface area (Å²) in [4.78, 5) is 14.1. The molecule has 2 heterocycles. The lowest BCUT2D eigenvalue weighted by atomic mass is 10.0. The van der Waals surface area contributed by atoms with Gasteiger partial charge in [-0.25, -0.2) is 4.39 Å². The van der Waals surface area contributed by atoms with E-state index in [4.69, 9.17) is 4.42 Å². The Morgan fingerprint density at radius 2 is 2.17 bits per heavy atom. The molecule has 1 aliphatic rings. The molecule has 1 fully saturated rings. The Kier molecular flexibility index (Phi) is 4.95. The molecular weight excluding hydrogens is 317 g/mol. The second-order valence-corrected chi connectivity index (χ2v) is 6.68. The Hall–Kier alpha value is -1.89. The summed E-state index contributed by atoms with van der Waals surface area (Å²) in [5.74, 6) is 0.961. The predicted octanol–water partition coefficient (Wildman–Crippen LogP) is 3.23. The quantitative estimate of drug-likeness (QED) is 0.803. The molecule has 2 aromatic rings. The highest BCUT2D eigenvalue weighted by molar-refractivity contribution is 7.99. The van der Waals surface area contributed by atoms with Crippen molar-refractivity contribution < 1.29 is 13.6 Å². The van der Waals surface area contributed by atoms with Crippen molar-refractivity contribution in [3.63, 3.8) is 0 Å². The van der Waals surface area contributed by atoms with Gasteiger partial charge in [0.1, 0.15) is 5.82 Å². The number of carbonyl (C=O) groups excluding carboxylic acids is 1. The van der Waals surface area contributed by atoms with Gasteiger partial charge in [-0.3, -0.25) is 4.79 Å². The second kappa shape index (κ2) is 7.12. The number of halogens is 1. The summed E-state index contributed by atoms with van der Waals surface area (Å²) in [6.45, 7) is 3.82. The molecule has 7 heteroatoms. The minimum Gasteiger partial charge on any atom is -0.411 e. The molecule has 1 amide bonds. The van der Waals surface area contributed by atoms with E-state index in [-0.39, 0.29) is 17.5 Å². The molecule has 0 bridgehead atoms. The summed E-state index contributed by atoms with van der Waals surface area (Å²) in [7, 11) is 0. The molecule has 1 atom stereocenters. The van der Waals surface area contributed by atoms with Crippen molar-refractivity contribution in [2.75, 3.05) is 18.8 Å². The van der Waals surface area contributed by atoms with Crippen LogP contribution in [0.4, 0.5) is 4.39 Å². The largest absolute Gasteiger partial charge is 0.411 e. The normalized spacial score (nSPS) is 18.2. The molecule has 0 spiro atoms.